The second-order valence-corrected chi connectivity index (χ2v) is 5.11. The van der Waals surface area contributed by atoms with Crippen LogP contribution in [-0.4, -0.2) is 11.8 Å². The molecule has 2 nitrogen and oxygen atoms in total. The molecular formula is C13H18FNO. The molecule has 0 fully saturated rings. The fraction of sp³-hybridized carbons (Fsp3) is 0.462. The van der Waals surface area contributed by atoms with E-state index >= 15 is 0 Å². The van der Waals surface area contributed by atoms with Gasteiger partial charge in [-0.1, -0.05) is 20.8 Å². The number of hydrogen-bond acceptors (Lipinski definition) is 2. The molecule has 2 N–H and O–H groups in total. The first-order valence-electron chi connectivity index (χ1n) is 5.35. The number of nitrogens with two attached hydrogens (primary N) is 1. The molecule has 3 heteroatoms. The van der Waals surface area contributed by atoms with Gasteiger partial charge in [-0.25, -0.2) is 4.39 Å². The average Bonchev–Trinajstić information content (AvgIpc) is 2.17. The molecule has 16 heavy (non-hydrogen) atoms. The minimum atomic E-state index is -0.336. The normalized spacial score (nSPS) is 13.6. The number of ketones is 1. The monoisotopic (exact) mass is 223 g/mol. The molecule has 0 aliphatic heterocycles. The molecule has 0 radical (unpaired) electrons. The molecule has 0 aliphatic rings. The van der Waals surface area contributed by atoms with E-state index in [0.717, 1.165) is 0 Å². The summed E-state index contributed by atoms with van der Waals surface area (Å²) in [6, 6.07) is 5.37. The molecule has 0 aliphatic carbocycles. The van der Waals surface area contributed by atoms with Crippen LogP contribution in [0.15, 0.2) is 24.3 Å². The van der Waals surface area contributed by atoms with Gasteiger partial charge in [-0.2, -0.15) is 0 Å². The van der Waals surface area contributed by atoms with Gasteiger partial charge in [0.2, 0.25) is 0 Å². The van der Waals surface area contributed by atoms with Crippen molar-refractivity contribution in [2.75, 3.05) is 0 Å². The fourth-order valence-electron chi connectivity index (χ4n) is 1.26. The summed E-state index contributed by atoms with van der Waals surface area (Å²) in [6.45, 7) is 5.99. The fourth-order valence-corrected chi connectivity index (χ4v) is 1.26. The number of carbonyl (C=O) groups is 1. The molecule has 0 bridgehead atoms. The number of benzene rings is 1. The van der Waals surface area contributed by atoms with Crippen LogP contribution >= 0.6 is 0 Å². The van der Waals surface area contributed by atoms with Gasteiger partial charge in [0.1, 0.15) is 5.82 Å². The first-order chi connectivity index (χ1) is 7.30. The van der Waals surface area contributed by atoms with Gasteiger partial charge in [0.05, 0.1) is 0 Å². The molecule has 0 heterocycles. The standard InChI is InChI=1S/C13H18FNO/c1-13(2,3)12(15)8-11(16)9-4-6-10(14)7-5-9/h4-7,12H,8,15H2,1-3H3. The van der Waals surface area contributed by atoms with Gasteiger partial charge in [-0.15, -0.1) is 0 Å². The summed E-state index contributed by atoms with van der Waals surface area (Å²) < 4.78 is 12.7. The van der Waals surface area contributed by atoms with Crippen LogP contribution in [0.4, 0.5) is 4.39 Å². The highest BCUT2D eigenvalue weighted by atomic mass is 19.1. The van der Waals surface area contributed by atoms with Crippen LogP contribution in [-0.2, 0) is 0 Å². The summed E-state index contributed by atoms with van der Waals surface area (Å²) in [6.07, 6.45) is 0.287. The zero-order valence-electron chi connectivity index (χ0n) is 9.96. The van der Waals surface area contributed by atoms with Crippen LogP contribution in [0.1, 0.15) is 37.6 Å². The minimum absolute atomic E-state index is 0.0394. The Morgan fingerprint density at radius 3 is 2.25 bits per heavy atom. The molecule has 0 spiro atoms. The zero-order chi connectivity index (χ0) is 12.3. The lowest BCUT2D eigenvalue weighted by Crippen LogP contribution is -2.36. The lowest BCUT2D eigenvalue weighted by molar-refractivity contribution is 0.0953. The minimum Gasteiger partial charge on any atom is -0.327 e. The molecular weight excluding hydrogens is 205 g/mol. The van der Waals surface area contributed by atoms with E-state index in [1.807, 2.05) is 20.8 Å². The highest BCUT2D eigenvalue weighted by molar-refractivity contribution is 5.96. The summed E-state index contributed by atoms with van der Waals surface area (Å²) in [4.78, 5) is 11.8. The van der Waals surface area contributed by atoms with Crippen molar-refractivity contribution in [1.29, 1.82) is 0 Å². The average molecular weight is 223 g/mol. The third-order valence-corrected chi connectivity index (χ3v) is 2.68. The summed E-state index contributed by atoms with van der Waals surface area (Å²) in [5, 5.41) is 0. The molecule has 1 rings (SSSR count). The maximum absolute atomic E-state index is 12.7. The third-order valence-electron chi connectivity index (χ3n) is 2.68. The quantitative estimate of drug-likeness (QED) is 0.801. The molecule has 0 saturated carbocycles. The van der Waals surface area contributed by atoms with Crippen molar-refractivity contribution in [3.8, 4) is 0 Å². The highest BCUT2D eigenvalue weighted by Gasteiger charge is 2.23. The lowest BCUT2D eigenvalue weighted by Gasteiger charge is -2.26. The smallest absolute Gasteiger partial charge is 0.164 e. The van der Waals surface area contributed by atoms with E-state index in [9.17, 15) is 9.18 Å². The highest BCUT2D eigenvalue weighted by Crippen LogP contribution is 2.21. The van der Waals surface area contributed by atoms with Crippen LogP contribution in [0.2, 0.25) is 0 Å². The van der Waals surface area contributed by atoms with Crippen LogP contribution < -0.4 is 5.73 Å². The molecule has 0 aromatic heterocycles. The zero-order valence-corrected chi connectivity index (χ0v) is 9.96. The number of carbonyl (C=O) groups excluding carboxylic acids is 1. The Kier molecular flexibility index (Phi) is 3.81. The Hall–Kier alpha value is -1.22. The van der Waals surface area contributed by atoms with E-state index in [-0.39, 0.29) is 29.5 Å². The first-order valence-corrected chi connectivity index (χ1v) is 5.35. The maximum Gasteiger partial charge on any atom is 0.164 e. The van der Waals surface area contributed by atoms with Crippen molar-refractivity contribution >= 4 is 5.78 Å². The summed E-state index contributed by atoms with van der Waals surface area (Å²) >= 11 is 0. The van der Waals surface area contributed by atoms with Crippen molar-refractivity contribution in [2.45, 2.75) is 33.2 Å². The van der Waals surface area contributed by atoms with Crippen molar-refractivity contribution in [1.82, 2.24) is 0 Å². The molecule has 1 aromatic carbocycles. The second kappa shape index (κ2) is 4.74. The van der Waals surface area contributed by atoms with Gasteiger partial charge in [-0.3, -0.25) is 4.79 Å². The number of Topliss-reactive ketones (excluding diaryl/α,β-unsaturated/α-hetero) is 1. The van der Waals surface area contributed by atoms with Crippen molar-refractivity contribution in [3.05, 3.63) is 35.6 Å². The van der Waals surface area contributed by atoms with Crippen LogP contribution in [0.3, 0.4) is 0 Å². The van der Waals surface area contributed by atoms with Crippen LogP contribution in [0, 0.1) is 11.2 Å². The molecule has 1 aromatic rings. The van der Waals surface area contributed by atoms with Crippen LogP contribution in [0.25, 0.3) is 0 Å². The predicted molar refractivity (Wildman–Crippen MR) is 62.8 cm³/mol. The Morgan fingerprint density at radius 1 is 1.31 bits per heavy atom. The predicted octanol–water partition coefficient (Wildman–Crippen LogP) is 2.77. The van der Waals surface area contributed by atoms with Gasteiger partial charge in [0.15, 0.2) is 5.78 Å². The number of rotatable bonds is 3. The Bertz CT molecular complexity index is 365. The van der Waals surface area contributed by atoms with Gasteiger partial charge >= 0.3 is 0 Å². The molecule has 0 saturated heterocycles. The van der Waals surface area contributed by atoms with Gasteiger partial charge in [0, 0.05) is 18.0 Å². The van der Waals surface area contributed by atoms with Crippen molar-refractivity contribution < 1.29 is 9.18 Å². The molecule has 0 amide bonds. The SMILES string of the molecule is CC(C)(C)C(N)CC(=O)c1ccc(F)cc1. The van der Waals surface area contributed by atoms with Crippen LogP contribution in [0.5, 0.6) is 0 Å². The van der Waals surface area contributed by atoms with Crippen molar-refractivity contribution in [2.24, 2.45) is 11.1 Å². The maximum atomic E-state index is 12.7. The molecule has 88 valence electrons. The molecule has 1 atom stereocenters. The first kappa shape index (κ1) is 12.8. The van der Waals surface area contributed by atoms with E-state index in [1.165, 1.54) is 24.3 Å². The van der Waals surface area contributed by atoms with E-state index in [2.05, 4.69) is 0 Å². The van der Waals surface area contributed by atoms with E-state index in [1.54, 1.807) is 0 Å². The Morgan fingerprint density at radius 2 is 1.81 bits per heavy atom. The van der Waals surface area contributed by atoms with Gasteiger partial charge in [-0.05, 0) is 29.7 Å². The summed E-state index contributed by atoms with van der Waals surface area (Å²) in [5.41, 5.74) is 6.34. The van der Waals surface area contributed by atoms with Crippen molar-refractivity contribution in [3.63, 3.8) is 0 Å². The van der Waals surface area contributed by atoms with E-state index in [0.29, 0.717) is 5.56 Å². The van der Waals surface area contributed by atoms with E-state index < -0.39 is 0 Å². The van der Waals surface area contributed by atoms with Gasteiger partial charge in [0.25, 0.3) is 0 Å². The lowest BCUT2D eigenvalue weighted by atomic mass is 9.84. The molecule has 1 unspecified atom stereocenters. The Labute approximate surface area is 95.7 Å². The second-order valence-electron chi connectivity index (χ2n) is 5.11. The third kappa shape index (κ3) is 3.42. The van der Waals surface area contributed by atoms with E-state index in [4.69, 9.17) is 5.73 Å². The van der Waals surface area contributed by atoms with Gasteiger partial charge < -0.3 is 5.73 Å². The largest absolute Gasteiger partial charge is 0.327 e. The summed E-state index contributed by atoms with van der Waals surface area (Å²) in [5.74, 6) is -0.376. The number of halogens is 1. The number of hydrogen-bond donors (Lipinski definition) is 1. The summed E-state index contributed by atoms with van der Waals surface area (Å²) in [7, 11) is 0. The topological polar surface area (TPSA) is 43.1 Å². The Balaban J connectivity index is 2.70.